The Morgan fingerprint density at radius 3 is 2.88 bits per heavy atom. The fraction of sp³-hybridized carbons (Fsp3) is 0.136. The highest BCUT2D eigenvalue weighted by Gasteiger charge is 2.17. The van der Waals surface area contributed by atoms with E-state index in [1.807, 2.05) is 30.5 Å². The number of anilines is 1. The molecule has 5 aromatic rings. The summed E-state index contributed by atoms with van der Waals surface area (Å²) in [4.78, 5) is 22.3. The fourth-order valence-corrected chi connectivity index (χ4v) is 4.57. The van der Waals surface area contributed by atoms with Crippen molar-refractivity contribution >= 4 is 45.8 Å². The van der Waals surface area contributed by atoms with Gasteiger partial charge in [-0.15, -0.1) is 16.4 Å². The van der Waals surface area contributed by atoms with Crippen LogP contribution in [0, 0.1) is 12.7 Å². The Balaban J connectivity index is 1.31. The predicted molar refractivity (Wildman–Crippen MR) is 125 cm³/mol. The molecule has 0 fully saturated rings. The largest absolute Gasteiger partial charge is 0.292 e. The van der Waals surface area contributed by atoms with Gasteiger partial charge in [-0.1, -0.05) is 23.7 Å². The number of nitrogens with zero attached hydrogens (tertiary/aromatic N) is 6. The summed E-state index contributed by atoms with van der Waals surface area (Å²) < 4.78 is 16.3. The Morgan fingerprint density at radius 2 is 2.09 bits per heavy atom. The number of pyridine rings is 1. The SMILES string of the molecule is Cc1nn(CC(=O)Nc2ncn(Cc3ccc(F)cc3Cl)n2)c2nccc(-c3cccs3)c12. The second-order valence-electron chi connectivity index (χ2n) is 7.33. The highest BCUT2D eigenvalue weighted by molar-refractivity contribution is 7.13. The molecule has 1 N–H and O–H groups in total. The molecule has 0 unspecified atom stereocenters. The maximum Gasteiger partial charge on any atom is 0.248 e. The number of halogens is 2. The Kier molecular flexibility index (Phi) is 5.61. The number of rotatable bonds is 6. The van der Waals surface area contributed by atoms with Gasteiger partial charge in [-0.3, -0.25) is 10.1 Å². The second kappa shape index (κ2) is 8.72. The first-order valence-corrected chi connectivity index (χ1v) is 11.2. The number of aromatic nitrogens is 6. The van der Waals surface area contributed by atoms with Crippen molar-refractivity contribution in [3.05, 3.63) is 76.4 Å². The number of thiophene rings is 1. The van der Waals surface area contributed by atoms with Gasteiger partial charge < -0.3 is 0 Å². The van der Waals surface area contributed by atoms with Gasteiger partial charge in [0, 0.05) is 21.7 Å². The van der Waals surface area contributed by atoms with Crippen LogP contribution >= 0.6 is 22.9 Å². The van der Waals surface area contributed by atoms with Crippen molar-refractivity contribution in [2.75, 3.05) is 5.32 Å². The lowest BCUT2D eigenvalue weighted by Crippen LogP contribution is -2.20. The first kappa shape index (κ1) is 21.2. The van der Waals surface area contributed by atoms with Gasteiger partial charge in [0.25, 0.3) is 0 Å². The zero-order chi connectivity index (χ0) is 22.9. The van der Waals surface area contributed by atoms with E-state index in [1.54, 1.807) is 28.3 Å². The Morgan fingerprint density at radius 1 is 1.21 bits per heavy atom. The third-order valence-electron chi connectivity index (χ3n) is 5.02. The number of hydrogen-bond donors (Lipinski definition) is 1. The van der Waals surface area contributed by atoms with Gasteiger partial charge in [-0.2, -0.15) is 5.10 Å². The van der Waals surface area contributed by atoms with Gasteiger partial charge in [0.15, 0.2) is 5.65 Å². The summed E-state index contributed by atoms with van der Waals surface area (Å²) in [5, 5.41) is 14.7. The summed E-state index contributed by atoms with van der Waals surface area (Å²) in [6.07, 6.45) is 3.19. The molecule has 0 atom stereocenters. The average Bonchev–Trinajstić information content (AvgIpc) is 3.52. The van der Waals surface area contributed by atoms with Crippen molar-refractivity contribution in [1.29, 1.82) is 0 Å². The Bertz CT molecular complexity index is 1460. The number of carbonyl (C=O) groups is 1. The van der Waals surface area contributed by atoms with Crippen molar-refractivity contribution in [1.82, 2.24) is 29.5 Å². The quantitative estimate of drug-likeness (QED) is 0.384. The topological polar surface area (TPSA) is 90.5 Å². The first-order valence-electron chi connectivity index (χ1n) is 9.97. The molecule has 0 aliphatic heterocycles. The minimum absolute atomic E-state index is 0.0381. The number of hydrogen-bond acceptors (Lipinski definition) is 6. The lowest BCUT2D eigenvalue weighted by molar-refractivity contribution is -0.116. The van der Waals surface area contributed by atoms with Crippen LogP contribution in [0.15, 0.2) is 54.3 Å². The summed E-state index contributed by atoms with van der Waals surface area (Å²) in [6, 6.07) is 10.1. The number of fused-ring (bicyclic) bond motifs is 1. The minimum atomic E-state index is -0.409. The molecule has 0 aliphatic rings. The van der Waals surface area contributed by atoms with Gasteiger partial charge in [-0.05, 0) is 42.1 Å². The lowest BCUT2D eigenvalue weighted by Gasteiger charge is -2.05. The number of nitrogens with one attached hydrogen (secondary N) is 1. The second-order valence-corrected chi connectivity index (χ2v) is 8.68. The van der Waals surface area contributed by atoms with Crippen LogP contribution in [0.5, 0.6) is 0 Å². The minimum Gasteiger partial charge on any atom is -0.292 e. The maximum atomic E-state index is 13.2. The molecule has 0 saturated heterocycles. The molecule has 5 rings (SSSR count). The molecule has 0 aliphatic carbocycles. The molecular weight excluding hydrogens is 465 g/mol. The van der Waals surface area contributed by atoms with Gasteiger partial charge in [0.05, 0.1) is 17.6 Å². The van der Waals surface area contributed by atoms with E-state index in [1.165, 1.54) is 23.1 Å². The van der Waals surface area contributed by atoms with E-state index in [2.05, 4.69) is 25.5 Å². The van der Waals surface area contributed by atoms with Crippen LogP contribution in [-0.2, 0) is 17.9 Å². The van der Waals surface area contributed by atoms with Crippen LogP contribution in [0.2, 0.25) is 5.02 Å². The number of amides is 1. The third kappa shape index (κ3) is 4.35. The van der Waals surface area contributed by atoms with Crippen molar-refractivity contribution in [3.63, 3.8) is 0 Å². The van der Waals surface area contributed by atoms with E-state index < -0.39 is 5.82 Å². The predicted octanol–water partition coefficient (Wildman–Crippen LogP) is 4.54. The molecule has 4 aromatic heterocycles. The van der Waals surface area contributed by atoms with Crippen LogP contribution in [0.3, 0.4) is 0 Å². The molecule has 0 spiro atoms. The molecule has 11 heteroatoms. The molecule has 33 heavy (non-hydrogen) atoms. The molecule has 8 nitrogen and oxygen atoms in total. The zero-order valence-corrected chi connectivity index (χ0v) is 18.9. The van der Waals surface area contributed by atoms with Crippen molar-refractivity contribution in [2.45, 2.75) is 20.0 Å². The normalized spacial score (nSPS) is 11.2. The first-order chi connectivity index (χ1) is 16.0. The monoisotopic (exact) mass is 481 g/mol. The maximum absolute atomic E-state index is 13.2. The van der Waals surface area contributed by atoms with Crippen molar-refractivity contribution in [3.8, 4) is 10.4 Å². The molecule has 1 amide bonds. The molecule has 0 radical (unpaired) electrons. The summed E-state index contributed by atoms with van der Waals surface area (Å²) in [5.41, 5.74) is 3.16. The fourth-order valence-electron chi connectivity index (χ4n) is 3.58. The molecular formula is C22H17ClFN7OS. The van der Waals surface area contributed by atoms with E-state index in [0.29, 0.717) is 22.8 Å². The van der Waals surface area contributed by atoms with Crippen LogP contribution < -0.4 is 5.32 Å². The van der Waals surface area contributed by atoms with Gasteiger partial charge in [0.1, 0.15) is 18.7 Å². The van der Waals surface area contributed by atoms with Gasteiger partial charge in [-0.25, -0.2) is 23.7 Å². The number of aryl methyl sites for hydroxylation is 1. The molecule has 1 aromatic carbocycles. The number of carbonyl (C=O) groups excluding carboxylic acids is 1. The summed E-state index contributed by atoms with van der Waals surface area (Å²) in [6.45, 7) is 2.16. The van der Waals surface area contributed by atoms with E-state index in [0.717, 1.165) is 21.5 Å². The van der Waals surface area contributed by atoms with Crippen LogP contribution in [-0.4, -0.2) is 35.4 Å². The van der Waals surface area contributed by atoms with Crippen molar-refractivity contribution < 1.29 is 9.18 Å². The van der Waals surface area contributed by atoms with Crippen LogP contribution in [0.4, 0.5) is 10.3 Å². The Labute approximate surface area is 196 Å². The van der Waals surface area contributed by atoms with Crippen LogP contribution in [0.1, 0.15) is 11.3 Å². The molecule has 0 bridgehead atoms. The Hall–Kier alpha value is -3.63. The summed E-state index contributed by atoms with van der Waals surface area (Å²) >= 11 is 7.71. The zero-order valence-electron chi connectivity index (χ0n) is 17.4. The van der Waals surface area contributed by atoms with Crippen LogP contribution in [0.25, 0.3) is 21.5 Å². The van der Waals surface area contributed by atoms with Crippen molar-refractivity contribution in [2.24, 2.45) is 0 Å². The molecule has 166 valence electrons. The summed E-state index contributed by atoms with van der Waals surface area (Å²) in [5.74, 6) is -0.590. The highest BCUT2D eigenvalue weighted by Crippen LogP contribution is 2.32. The van der Waals surface area contributed by atoms with Gasteiger partial charge in [0.2, 0.25) is 11.9 Å². The standard InChI is InChI=1S/C22H17ClFN7OS/c1-13-20-16(18-3-2-8-33-18)6-7-25-21(20)31(28-13)11-19(32)27-22-26-12-30(29-22)10-14-4-5-15(24)9-17(14)23/h2-9,12H,10-11H2,1H3,(H,27,29,32). The third-order valence-corrected chi connectivity index (χ3v) is 6.28. The highest BCUT2D eigenvalue weighted by atomic mass is 35.5. The molecule has 0 saturated carbocycles. The average molecular weight is 482 g/mol. The summed E-state index contributed by atoms with van der Waals surface area (Å²) in [7, 11) is 0. The lowest BCUT2D eigenvalue weighted by atomic mass is 10.1. The van der Waals surface area contributed by atoms with E-state index in [4.69, 9.17) is 11.6 Å². The van der Waals surface area contributed by atoms with E-state index in [-0.39, 0.29) is 18.4 Å². The van der Waals surface area contributed by atoms with Gasteiger partial charge >= 0.3 is 0 Å². The number of benzene rings is 1. The van der Waals surface area contributed by atoms with E-state index in [9.17, 15) is 9.18 Å². The smallest absolute Gasteiger partial charge is 0.248 e. The van der Waals surface area contributed by atoms with E-state index >= 15 is 0 Å². The molecule has 4 heterocycles.